The Morgan fingerprint density at radius 3 is 1.70 bits per heavy atom. The summed E-state index contributed by atoms with van der Waals surface area (Å²) in [5.74, 6) is -0.280. The number of hydrogen-bond acceptors (Lipinski definition) is 2. The molecule has 10 heavy (non-hydrogen) atoms. The molecule has 57 valence electrons. The minimum atomic E-state index is -0.415. The summed E-state index contributed by atoms with van der Waals surface area (Å²) < 4.78 is 4.23. The molecule has 0 aliphatic rings. The monoisotopic (exact) mass is 214 g/mol. The van der Waals surface area contributed by atoms with Gasteiger partial charge in [0.1, 0.15) is 7.11 Å². The van der Waals surface area contributed by atoms with E-state index in [0.717, 1.165) is 0 Å². The van der Waals surface area contributed by atoms with Gasteiger partial charge >= 0.3 is 5.97 Å². The molecular formula is C6H11ClO2Zn-. The number of esters is 1. The van der Waals surface area contributed by atoms with Gasteiger partial charge in [-0.3, -0.25) is 4.79 Å². The molecule has 0 aromatic rings. The molecule has 0 aromatic carbocycles. The van der Waals surface area contributed by atoms with Crippen LogP contribution >= 0.6 is 0 Å². The largest absolute Gasteiger partial charge is 1.00 e. The third-order valence-electron chi connectivity index (χ3n) is 0.743. The average Bonchev–Trinajstić information content (AvgIpc) is 1.62. The quantitative estimate of drug-likeness (QED) is 0.359. The Bertz CT molecular complexity index is 98.4. The Kier molecular flexibility index (Phi) is 10.3. The summed E-state index contributed by atoms with van der Waals surface area (Å²) in [6.07, 6.45) is 0. The average molecular weight is 216 g/mol. The zero-order valence-electron chi connectivity index (χ0n) is 6.61. The molecule has 0 saturated heterocycles. The van der Waals surface area contributed by atoms with E-state index < -0.39 is 5.41 Å². The molecule has 0 aromatic heterocycles. The first kappa shape index (κ1) is 16.8. The fourth-order valence-electron chi connectivity index (χ4n) is 0.217. The van der Waals surface area contributed by atoms with Crippen LogP contribution in [0, 0.1) is 12.5 Å². The van der Waals surface area contributed by atoms with Crippen LogP contribution in [0.15, 0.2) is 0 Å². The van der Waals surface area contributed by atoms with Gasteiger partial charge in [-0.2, -0.15) is 0 Å². The van der Waals surface area contributed by atoms with Crippen LogP contribution in [0.2, 0.25) is 0 Å². The molecule has 0 aliphatic carbocycles. The molecule has 0 N–H and O–H groups in total. The minimum Gasteiger partial charge on any atom is -1.00 e. The molecule has 0 saturated carbocycles. The van der Waals surface area contributed by atoms with Crippen molar-refractivity contribution in [2.24, 2.45) is 5.41 Å². The molecule has 0 heterocycles. The second-order valence-corrected chi connectivity index (χ2v) is 2.68. The number of halogens is 1. The number of carbonyl (C=O) groups excluding carboxylic acids is 1. The van der Waals surface area contributed by atoms with Crippen molar-refractivity contribution in [1.29, 1.82) is 0 Å². The van der Waals surface area contributed by atoms with Crippen LogP contribution in [0.3, 0.4) is 0 Å². The van der Waals surface area contributed by atoms with Crippen molar-refractivity contribution in [2.75, 3.05) is 0 Å². The van der Waals surface area contributed by atoms with E-state index in [1.165, 1.54) is 0 Å². The van der Waals surface area contributed by atoms with E-state index in [1.54, 1.807) is 20.8 Å². The van der Waals surface area contributed by atoms with Crippen molar-refractivity contribution in [3.05, 3.63) is 7.11 Å². The van der Waals surface area contributed by atoms with Crippen molar-refractivity contribution < 1.29 is 41.4 Å². The van der Waals surface area contributed by atoms with Crippen molar-refractivity contribution in [1.82, 2.24) is 0 Å². The third kappa shape index (κ3) is 6.50. The van der Waals surface area contributed by atoms with Crippen LogP contribution in [0.5, 0.6) is 0 Å². The molecule has 0 aliphatic heterocycles. The zero-order valence-corrected chi connectivity index (χ0v) is 10.3. The smallest absolute Gasteiger partial charge is 0.311 e. The zero-order chi connectivity index (χ0) is 6.78. The van der Waals surface area contributed by atoms with E-state index in [-0.39, 0.29) is 37.9 Å². The summed E-state index contributed by atoms with van der Waals surface area (Å²) >= 11 is 0. The van der Waals surface area contributed by atoms with Crippen molar-refractivity contribution >= 4 is 5.97 Å². The Balaban J connectivity index is -0.000000245. The van der Waals surface area contributed by atoms with Gasteiger partial charge < -0.3 is 17.1 Å². The molecular weight excluding hydrogens is 205 g/mol. The van der Waals surface area contributed by atoms with Crippen LogP contribution in [0.25, 0.3) is 0 Å². The normalized spacial score (nSPS) is 8.80. The first-order valence-electron chi connectivity index (χ1n) is 2.45. The van der Waals surface area contributed by atoms with Gasteiger partial charge in [0, 0.05) is 19.5 Å². The van der Waals surface area contributed by atoms with Gasteiger partial charge in [-0.25, -0.2) is 0 Å². The number of carbonyl (C=O) groups is 1. The second-order valence-electron chi connectivity index (χ2n) is 2.68. The van der Waals surface area contributed by atoms with Gasteiger partial charge in [0.2, 0.25) is 0 Å². The molecule has 0 spiro atoms. The van der Waals surface area contributed by atoms with Gasteiger partial charge in [-0.05, 0) is 20.8 Å². The summed E-state index contributed by atoms with van der Waals surface area (Å²) in [7, 11) is 3.00. The van der Waals surface area contributed by atoms with E-state index in [2.05, 4.69) is 11.8 Å². The molecule has 0 fully saturated rings. The van der Waals surface area contributed by atoms with Gasteiger partial charge in [-0.1, -0.05) is 0 Å². The molecule has 4 heteroatoms. The number of ether oxygens (including phenoxy) is 1. The molecule has 0 atom stereocenters. The molecule has 0 unspecified atom stereocenters. The van der Waals surface area contributed by atoms with E-state index in [1.807, 2.05) is 0 Å². The van der Waals surface area contributed by atoms with Crippen molar-refractivity contribution in [3.63, 3.8) is 0 Å². The summed E-state index contributed by atoms with van der Waals surface area (Å²) in [6.45, 7) is 5.33. The van der Waals surface area contributed by atoms with Crippen LogP contribution in [-0.2, 0) is 29.0 Å². The van der Waals surface area contributed by atoms with Gasteiger partial charge in [-0.15, -0.1) is 0 Å². The predicted molar refractivity (Wildman–Crippen MR) is 30.9 cm³/mol. The van der Waals surface area contributed by atoms with E-state index in [0.29, 0.717) is 0 Å². The van der Waals surface area contributed by atoms with E-state index >= 15 is 0 Å². The Morgan fingerprint density at radius 1 is 1.40 bits per heavy atom. The molecule has 2 nitrogen and oxygen atoms in total. The fourth-order valence-corrected chi connectivity index (χ4v) is 0.217. The minimum absolute atomic E-state index is 0. The molecule has 0 rings (SSSR count). The summed E-state index contributed by atoms with van der Waals surface area (Å²) in [6, 6.07) is 0. The summed E-state index contributed by atoms with van der Waals surface area (Å²) in [5.41, 5.74) is -0.415. The molecule has 0 amide bonds. The molecule has 1 radical (unpaired) electrons. The fraction of sp³-hybridized carbons (Fsp3) is 0.667. The standard InChI is InChI=1S/C6H11O2.ClH.Zn/c1-6(2,3)5(7)8-4;;/h4H2,1-3H3;1H;/p-1. The van der Waals surface area contributed by atoms with Crippen LogP contribution in [0.1, 0.15) is 20.8 Å². The second kappa shape index (κ2) is 6.12. The number of rotatable bonds is 0. The Labute approximate surface area is 80.9 Å². The van der Waals surface area contributed by atoms with Gasteiger partial charge in [0.25, 0.3) is 0 Å². The summed E-state index contributed by atoms with van der Waals surface area (Å²) in [5, 5.41) is 0. The van der Waals surface area contributed by atoms with E-state index in [4.69, 9.17) is 0 Å². The van der Waals surface area contributed by atoms with Crippen molar-refractivity contribution in [3.8, 4) is 0 Å². The van der Waals surface area contributed by atoms with Crippen molar-refractivity contribution in [2.45, 2.75) is 20.8 Å². The van der Waals surface area contributed by atoms with Crippen LogP contribution in [0.4, 0.5) is 0 Å². The Morgan fingerprint density at radius 2 is 1.70 bits per heavy atom. The van der Waals surface area contributed by atoms with Crippen LogP contribution < -0.4 is 12.4 Å². The maximum atomic E-state index is 10.5. The maximum Gasteiger partial charge on any atom is 0.311 e. The first-order chi connectivity index (χ1) is 3.48. The molecule has 0 bridgehead atoms. The van der Waals surface area contributed by atoms with Gasteiger partial charge in [0.15, 0.2) is 0 Å². The topological polar surface area (TPSA) is 26.3 Å². The Hall–Kier alpha value is 0.383. The summed E-state index contributed by atoms with van der Waals surface area (Å²) in [4.78, 5) is 10.5. The number of hydrogen-bond donors (Lipinski definition) is 0. The third-order valence-corrected chi connectivity index (χ3v) is 0.743. The van der Waals surface area contributed by atoms with E-state index in [9.17, 15) is 4.79 Å². The predicted octanol–water partition coefficient (Wildman–Crippen LogP) is -1.63. The SMILES string of the molecule is [CH2]OC(=O)C(C)(C)C.[Cl-].[Zn]. The first-order valence-corrected chi connectivity index (χ1v) is 2.45. The van der Waals surface area contributed by atoms with Crippen LogP contribution in [-0.4, -0.2) is 5.97 Å². The van der Waals surface area contributed by atoms with Gasteiger partial charge in [0.05, 0.1) is 5.41 Å². The maximum absolute atomic E-state index is 10.5.